The molecule has 1 N–H and O–H groups in total. The molecule has 1 saturated heterocycles. The summed E-state index contributed by atoms with van der Waals surface area (Å²) >= 11 is 0. The first-order valence-electron chi connectivity index (χ1n) is 9.04. The number of carbonyl (C=O) groups is 1. The van der Waals surface area contributed by atoms with E-state index in [9.17, 15) is 4.79 Å². The van der Waals surface area contributed by atoms with E-state index >= 15 is 0 Å². The van der Waals surface area contributed by atoms with E-state index in [1.807, 2.05) is 34.0 Å². The second kappa shape index (κ2) is 7.98. The van der Waals surface area contributed by atoms with Crippen LogP contribution in [-0.2, 0) is 13.0 Å². The van der Waals surface area contributed by atoms with Crippen LogP contribution >= 0.6 is 0 Å². The summed E-state index contributed by atoms with van der Waals surface area (Å²) < 4.78 is 7.12. The quantitative estimate of drug-likeness (QED) is 0.712. The molecular formula is C18H21N7O2. The number of nitrogens with one attached hydrogen (secondary N) is 1. The van der Waals surface area contributed by atoms with E-state index < -0.39 is 0 Å². The van der Waals surface area contributed by atoms with Gasteiger partial charge in [0.15, 0.2) is 0 Å². The number of hydrogen-bond acceptors (Lipinski definition) is 6. The fraction of sp³-hybridized carbons (Fsp3) is 0.389. The van der Waals surface area contributed by atoms with Crippen LogP contribution in [0.15, 0.2) is 47.5 Å². The Hall–Kier alpha value is -3.23. The fourth-order valence-electron chi connectivity index (χ4n) is 3.26. The zero-order valence-electron chi connectivity index (χ0n) is 14.9. The number of rotatable bonds is 6. The molecule has 27 heavy (non-hydrogen) atoms. The predicted molar refractivity (Wildman–Crippen MR) is 96.6 cm³/mol. The molecule has 9 heteroatoms. The summed E-state index contributed by atoms with van der Waals surface area (Å²) in [7, 11) is 0. The van der Waals surface area contributed by atoms with E-state index in [4.69, 9.17) is 4.52 Å². The van der Waals surface area contributed by atoms with Crippen molar-refractivity contribution in [2.75, 3.05) is 13.1 Å². The minimum Gasteiger partial charge on any atom is -0.339 e. The number of hydrogen-bond donors (Lipinski definition) is 1. The summed E-state index contributed by atoms with van der Waals surface area (Å²) in [5.41, 5.74) is 0.801. The lowest BCUT2D eigenvalue weighted by atomic mass is 10.2. The molecule has 1 aliphatic rings. The summed E-state index contributed by atoms with van der Waals surface area (Å²) in [5, 5.41) is 11.1. The van der Waals surface area contributed by atoms with E-state index in [1.165, 1.54) is 0 Å². The van der Waals surface area contributed by atoms with Gasteiger partial charge in [-0.1, -0.05) is 5.16 Å². The average Bonchev–Trinajstić information content (AvgIpc) is 3.45. The Morgan fingerprint density at radius 2 is 2.30 bits per heavy atom. The molecule has 0 radical (unpaired) electrons. The Bertz CT molecular complexity index is 863. The summed E-state index contributed by atoms with van der Waals surface area (Å²) in [6.07, 6.45) is 9.54. The van der Waals surface area contributed by atoms with Crippen molar-refractivity contribution < 1.29 is 9.32 Å². The third-order valence-electron chi connectivity index (χ3n) is 4.60. The lowest BCUT2D eigenvalue weighted by molar-refractivity contribution is 0.186. The molecule has 140 valence electrons. The number of likely N-dealkylation sites (tertiary alicyclic amines) is 1. The van der Waals surface area contributed by atoms with Crippen LogP contribution in [0.5, 0.6) is 0 Å². The van der Waals surface area contributed by atoms with Gasteiger partial charge in [0.05, 0.1) is 12.6 Å². The standard InChI is InChI=1S/C18H21N7O2/c26-18(25-11-2-5-15(25)13-24-10-3-8-21-24)20-9-6-16-22-17(23-27-16)14-4-1-7-19-12-14/h1,3-4,7-8,10,12,15H,2,5-6,9,11,13H2,(H,20,26). The van der Waals surface area contributed by atoms with Crippen LogP contribution < -0.4 is 5.32 Å². The van der Waals surface area contributed by atoms with E-state index in [1.54, 1.807) is 18.6 Å². The fourth-order valence-corrected chi connectivity index (χ4v) is 3.26. The molecule has 1 atom stereocenters. The van der Waals surface area contributed by atoms with Gasteiger partial charge in [0, 0.05) is 49.9 Å². The SMILES string of the molecule is O=C(NCCc1nc(-c2cccnc2)no1)N1CCCC1Cn1cccn1. The molecule has 0 bridgehead atoms. The van der Waals surface area contributed by atoms with Gasteiger partial charge in [-0.05, 0) is 31.0 Å². The highest BCUT2D eigenvalue weighted by Gasteiger charge is 2.28. The molecule has 0 aliphatic carbocycles. The second-order valence-corrected chi connectivity index (χ2v) is 6.45. The molecule has 0 saturated carbocycles. The first kappa shape index (κ1) is 17.2. The number of nitrogens with zero attached hydrogens (tertiary/aromatic N) is 6. The van der Waals surface area contributed by atoms with Crippen LogP contribution in [0.25, 0.3) is 11.4 Å². The van der Waals surface area contributed by atoms with Gasteiger partial charge in [0.2, 0.25) is 11.7 Å². The highest BCUT2D eigenvalue weighted by Crippen LogP contribution is 2.19. The van der Waals surface area contributed by atoms with Crippen LogP contribution in [0.1, 0.15) is 18.7 Å². The molecule has 0 spiro atoms. The van der Waals surface area contributed by atoms with Gasteiger partial charge in [-0.25, -0.2) is 4.79 Å². The Balaban J connectivity index is 1.27. The maximum absolute atomic E-state index is 12.5. The number of aromatic nitrogens is 5. The summed E-state index contributed by atoms with van der Waals surface area (Å²) in [6, 6.07) is 5.70. The molecule has 3 aromatic heterocycles. The molecule has 9 nitrogen and oxygen atoms in total. The molecule has 1 fully saturated rings. The van der Waals surface area contributed by atoms with Crippen LogP contribution in [0.4, 0.5) is 4.79 Å². The Morgan fingerprint density at radius 1 is 1.33 bits per heavy atom. The van der Waals surface area contributed by atoms with Gasteiger partial charge in [-0.3, -0.25) is 9.67 Å². The predicted octanol–water partition coefficient (Wildman–Crippen LogP) is 1.74. The van der Waals surface area contributed by atoms with E-state index in [0.29, 0.717) is 24.7 Å². The van der Waals surface area contributed by atoms with E-state index in [-0.39, 0.29) is 12.1 Å². The number of amides is 2. The van der Waals surface area contributed by atoms with Crippen molar-refractivity contribution in [3.63, 3.8) is 0 Å². The van der Waals surface area contributed by atoms with Gasteiger partial charge >= 0.3 is 6.03 Å². The van der Waals surface area contributed by atoms with Crippen molar-refractivity contribution in [1.82, 2.24) is 35.1 Å². The Kier molecular flexibility index (Phi) is 5.08. The maximum Gasteiger partial charge on any atom is 0.317 e. The zero-order valence-corrected chi connectivity index (χ0v) is 14.9. The minimum atomic E-state index is -0.0587. The summed E-state index contributed by atoms with van der Waals surface area (Å²) in [6.45, 7) is 1.93. The van der Waals surface area contributed by atoms with Crippen LogP contribution in [-0.4, -0.2) is 55.0 Å². The summed E-state index contributed by atoms with van der Waals surface area (Å²) in [5.74, 6) is 0.993. The molecule has 0 aromatic carbocycles. The molecule has 4 heterocycles. The third-order valence-corrected chi connectivity index (χ3v) is 4.60. The topological polar surface area (TPSA) is 102 Å². The van der Waals surface area contributed by atoms with Gasteiger partial charge < -0.3 is 14.7 Å². The number of pyridine rings is 1. The van der Waals surface area contributed by atoms with Gasteiger partial charge in [0.1, 0.15) is 0 Å². The minimum absolute atomic E-state index is 0.0587. The van der Waals surface area contributed by atoms with E-state index in [0.717, 1.165) is 31.5 Å². The maximum atomic E-state index is 12.5. The lowest BCUT2D eigenvalue weighted by Gasteiger charge is -2.24. The Morgan fingerprint density at radius 3 is 3.11 bits per heavy atom. The first-order chi connectivity index (χ1) is 13.3. The molecular weight excluding hydrogens is 346 g/mol. The number of carbonyl (C=O) groups excluding carboxylic acids is 1. The summed E-state index contributed by atoms with van der Waals surface area (Å²) in [4.78, 5) is 22.8. The lowest BCUT2D eigenvalue weighted by Crippen LogP contribution is -2.44. The van der Waals surface area contributed by atoms with E-state index in [2.05, 4.69) is 25.5 Å². The van der Waals surface area contributed by atoms with Crippen molar-refractivity contribution in [3.05, 3.63) is 48.9 Å². The second-order valence-electron chi connectivity index (χ2n) is 6.45. The molecule has 3 aromatic rings. The van der Waals surface area contributed by atoms with Crippen molar-refractivity contribution in [2.24, 2.45) is 0 Å². The number of urea groups is 1. The van der Waals surface area contributed by atoms with Crippen LogP contribution in [0, 0.1) is 0 Å². The van der Waals surface area contributed by atoms with Gasteiger partial charge in [-0.15, -0.1) is 0 Å². The zero-order chi connectivity index (χ0) is 18.5. The van der Waals surface area contributed by atoms with Crippen molar-refractivity contribution in [1.29, 1.82) is 0 Å². The van der Waals surface area contributed by atoms with Crippen molar-refractivity contribution >= 4 is 6.03 Å². The molecule has 1 aliphatic heterocycles. The van der Waals surface area contributed by atoms with Crippen LogP contribution in [0.3, 0.4) is 0 Å². The van der Waals surface area contributed by atoms with Gasteiger partial charge in [0.25, 0.3) is 0 Å². The van der Waals surface area contributed by atoms with Crippen molar-refractivity contribution in [3.8, 4) is 11.4 Å². The molecule has 4 rings (SSSR count). The normalized spacial score (nSPS) is 16.6. The third kappa shape index (κ3) is 4.13. The Labute approximate surface area is 156 Å². The monoisotopic (exact) mass is 367 g/mol. The first-order valence-corrected chi connectivity index (χ1v) is 9.04. The van der Waals surface area contributed by atoms with Crippen molar-refractivity contribution in [2.45, 2.75) is 31.8 Å². The highest BCUT2D eigenvalue weighted by atomic mass is 16.5. The largest absolute Gasteiger partial charge is 0.339 e. The van der Waals surface area contributed by atoms with Gasteiger partial charge in [-0.2, -0.15) is 10.1 Å². The smallest absolute Gasteiger partial charge is 0.317 e. The average molecular weight is 367 g/mol. The van der Waals surface area contributed by atoms with Crippen LogP contribution in [0.2, 0.25) is 0 Å². The molecule has 2 amide bonds. The highest BCUT2D eigenvalue weighted by molar-refractivity contribution is 5.74. The molecule has 1 unspecified atom stereocenters.